The van der Waals surface area contributed by atoms with E-state index in [9.17, 15) is 4.39 Å². The Hall–Kier alpha value is -0.600. The summed E-state index contributed by atoms with van der Waals surface area (Å²) in [4.78, 5) is 0. The third kappa shape index (κ3) is 1.96. The Morgan fingerprint density at radius 3 is 2.75 bits per heavy atom. The van der Waals surface area contributed by atoms with E-state index >= 15 is 0 Å². The SMILES string of the molecule is CC(CO)c1ccc(F)c(Cl)c1. The number of aliphatic hydroxyl groups excluding tert-OH is 1. The minimum absolute atomic E-state index is 0.00287. The molecule has 1 atom stereocenters. The smallest absolute Gasteiger partial charge is 0.141 e. The lowest BCUT2D eigenvalue weighted by molar-refractivity contribution is 0.273. The molecule has 1 aromatic carbocycles. The van der Waals surface area contributed by atoms with E-state index in [1.165, 1.54) is 12.1 Å². The van der Waals surface area contributed by atoms with E-state index in [1.807, 2.05) is 6.92 Å². The van der Waals surface area contributed by atoms with Gasteiger partial charge in [-0.05, 0) is 17.7 Å². The zero-order chi connectivity index (χ0) is 9.14. The van der Waals surface area contributed by atoms with Crippen LogP contribution in [0.3, 0.4) is 0 Å². The van der Waals surface area contributed by atoms with Crippen molar-refractivity contribution in [3.05, 3.63) is 34.6 Å². The molecule has 1 unspecified atom stereocenters. The van der Waals surface area contributed by atoms with Gasteiger partial charge in [-0.1, -0.05) is 24.6 Å². The highest BCUT2D eigenvalue weighted by Crippen LogP contribution is 2.21. The minimum Gasteiger partial charge on any atom is -0.396 e. The molecular weight excluding hydrogens is 179 g/mol. The Labute approximate surface area is 75.8 Å². The highest BCUT2D eigenvalue weighted by Gasteiger charge is 2.06. The predicted molar refractivity (Wildman–Crippen MR) is 46.9 cm³/mol. The van der Waals surface area contributed by atoms with Crippen molar-refractivity contribution in [1.29, 1.82) is 0 Å². The first-order valence-electron chi connectivity index (χ1n) is 3.71. The van der Waals surface area contributed by atoms with Crippen molar-refractivity contribution in [2.75, 3.05) is 6.61 Å². The molecule has 0 spiro atoms. The minimum atomic E-state index is -0.425. The number of hydrogen-bond donors (Lipinski definition) is 1. The van der Waals surface area contributed by atoms with E-state index in [0.717, 1.165) is 5.56 Å². The molecule has 1 nitrogen and oxygen atoms in total. The average Bonchev–Trinajstić information content (AvgIpc) is 2.08. The molecule has 0 saturated carbocycles. The third-order valence-corrected chi connectivity index (χ3v) is 2.08. The van der Waals surface area contributed by atoms with Gasteiger partial charge in [0.05, 0.1) is 5.02 Å². The second-order valence-corrected chi connectivity index (χ2v) is 3.16. The van der Waals surface area contributed by atoms with Crippen LogP contribution in [-0.2, 0) is 0 Å². The topological polar surface area (TPSA) is 20.2 Å². The molecule has 0 aliphatic heterocycles. The van der Waals surface area contributed by atoms with Gasteiger partial charge in [0.25, 0.3) is 0 Å². The summed E-state index contributed by atoms with van der Waals surface area (Å²) in [5.74, 6) is -0.423. The molecule has 0 saturated heterocycles. The summed E-state index contributed by atoms with van der Waals surface area (Å²) in [6, 6.07) is 4.48. The number of hydrogen-bond acceptors (Lipinski definition) is 1. The third-order valence-electron chi connectivity index (χ3n) is 1.79. The van der Waals surface area contributed by atoms with Crippen LogP contribution in [0.25, 0.3) is 0 Å². The van der Waals surface area contributed by atoms with Gasteiger partial charge < -0.3 is 5.11 Å². The van der Waals surface area contributed by atoms with Gasteiger partial charge in [-0.15, -0.1) is 0 Å². The lowest BCUT2D eigenvalue weighted by Gasteiger charge is -2.08. The van der Waals surface area contributed by atoms with Crippen LogP contribution in [0.2, 0.25) is 5.02 Å². The molecule has 0 aromatic heterocycles. The summed E-state index contributed by atoms with van der Waals surface area (Å²) in [6.07, 6.45) is 0. The van der Waals surface area contributed by atoms with Crippen molar-refractivity contribution in [2.24, 2.45) is 0 Å². The first-order chi connectivity index (χ1) is 5.65. The normalized spacial score (nSPS) is 13.0. The molecule has 12 heavy (non-hydrogen) atoms. The Kier molecular flexibility index (Phi) is 3.06. The summed E-state index contributed by atoms with van der Waals surface area (Å²) in [5, 5.41) is 8.92. The Bertz CT molecular complexity index is 275. The van der Waals surface area contributed by atoms with Crippen LogP contribution < -0.4 is 0 Å². The molecule has 0 fully saturated rings. The maximum atomic E-state index is 12.7. The number of rotatable bonds is 2. The molecule has 3 heteroatoms. The maximum absolute atomic E-state index is 12.7. The van der Waals surface area contributed by atoms with E-state index in [-0.39, 0.29) is 17.5 Å². The fourth-order valence-electron chi connectivity index (χ4n) is 0.924. The lowest BCUT2D eigenvalue weighted by Crippen LogP contribution is -1.98. The average molecular weight is 189 g/mol. The van der Waals surface area contributed by atoms with Crippen LogP contribution in [0.5, 0.6) is 0 Å². The summed E-state index contributed by atoms with van der Waals surface area (Å²) in [7, 11) is 0. The second-order valence-electron chi connectivity index (χ2n) is 2.76. The van der Waals surface area contributed by atoms with Gasteiger partial charge in [-0.3, -0.25) is 0 Å². The Balaban J connectivity index is 2.96. The van der Waals surface area contributed by atoms with Crippen LogP contribution in [0, 0.1) is 5.82 Å². The maximum Gasteiger partial charge on any atom is 0.141 e. The monoisotopic (exact) mass is 188 g/mol. The molecule has 1 rings (SSSR count). The first-order valence-corrected chi connectivity index (χ1v) is 4.08. The van der Waals surface area contributed by atoms with Crippen LogP contribution in [0.15, 0.2) is 18.2 Å². The number of halogens is 2. The van der Waals surface area contributed by atoms with Crippen molar-refractivity contribution in [3.8, 4) is 0 Å². The number of benzene rings is 1. The largest absolute Gasteiger partial charge is 0.396 e. The summed E-state index contributed by atoms with van der Waals surface area (Å²) >= 11 is 5.56. The van der Waals surface area contributed by atoms with Crippen LogP contribution in [-0.4, -0.2) is 11.7 Å². The molecule has 0 amide bonds. The molecular formula is C9H10ClFO. The quantitative estimate of drug-likeness (QED) is 0.757. The van der Waals surface area contributed by atoms with Crippen molar-refractivity contribution in [3.63, 3.8) is 0 Å². The molecule has 0 heterocycles. The standard InChI is InChI=1S/C9H10ClFO/c1-6(5-12)7-2-3-9(11)8(10)4-7/h2-4,6,12H,5H2,1H3. The Morgan fingerprint density at radius 1 is 1.58 bits per heavy atom. The first kappa shape index (κ1) is 9.49. The van der Waals surface area contributed by atoms with Crippen molar-refractivity contribution in [2.45, 2.75) is 12.8 Å². The summed E-state index contributed by atoms with van der Waals surface area (Å²) in [5.41, 5.74) is 0.851. The number of aliphatic hydroxyl groups is 1. The van der Waals surface area contributed by atoms with Gasteiger partial charge in [0.2, 0.25) is 0 Å². The van der Waals surface area contributed by atoms with Crippen LogP contribution >= 0.6 is 11.6 Å². The van der Waals surface area contributed by atoms with E-state index < -0.39 is 5.82 Å². The van der Waals surface area contributed by atoms with Gasteiger partial charge in [-0.25, -0.2) is 4.39 Å². The molecule has 66 valence electrons. The van der Waals surface area contributed by atoms with E-state index in [1.54, 1.807) is 6.07 Å². The highest BCUT2D eigenvalue weighted by atomic mass is 35.5. The Morgan fingerprint density at radius 2 is 2.25 bits per heavy atom. The zero-order valence-corrected chi connectivity index (χ0v) is 7.48. The van der Waals surface area contributed by atoms with Gasteiger partial charge in [0.1, 0.15) is 5.82 Å². The van der Waals surface area contributed by atoms with E-state index in [2.05, 4.69) is 0 Å². The summed E-state index contributed by atoms with van der Waals surface area (Å²) in [6.45, 7) is 1.89. The lowest BCUT2D eigenvalue weighted by atomic mass is 10.0. The van der Waals surface area contributed by atoms with E-state index in [0.29, 0.717) is 0 Å². The van der Waals surface area contributed by atoms with E-state index in [4.69, 9.17) is 16.7 Å². The van der Waals surface area contributed by atoms with Crippen molar-refractivity contribution >= 4 is 11.6 Å². The van der Waals surface area contributed by atoms with Crippen molar-refractivity contribution in [1.82, 2.24) is 0 Å². The van der Waals surface area contributed by atoms with Gasteiger partial charge >= 0.3 is 0 Å². The molecule has 1 aromatic rings. The fourth-order valence-corrected chi connectivity index (χ4v) is 1.11. The second kappa shape index (κ2) is 3.87. The molecule has 0 radical (unpaired) electrons. The van der Waals surface area contributed by atoms with Gasteiger partial charge in [-0.2, -0.15) is 0 Å². The van der Waals surface area contributed by atoms with Crippen LogP contribution in [0.1, 0.15) is 18.4 Å². The molecule has 1 N–H and O–H groups in total. The highest BCUT2D eigenvalue weighted by molar-refractivity contribution is 6.30. The van der Waals surface area contributed by atoms with Gasteiger partial charge in [0.15, 0.2) is 0 Å². The van der Waals surface area contributed by atoms with Crippen LogP contribution in [0.4, 0.5) is 4.39 Å². The molecule has 0 aliphatic rings. The fraction of sp³-hybridized carbons (Fsp3) is 0.333. The predicted octanol–water partition coefficient (Wildman–Crippen LogP) is 2.57. The molecule has 0 bridgehead atoms. The van der Waals surface area contributed by atoms with Crippen molar-refractivity contribution < 1.29 is 9.50 Å². The van der Waals surface area contributed by atoms with Gasteiger partial charge in [0, 0.05) is 12.5 Å². The zero-order valence-electron chi connectivity index (χ0n) is 6.72. The summed E-state index contributed by atoms with van der Waals surface area (Å²) < 4.78 is 12.7. The molecule has 0 aliphatic carbocycles.